The van der Waals surface area contributed by atoms with E-state index in [0.717, 1.165) is 24.8 Å². The van der Waals surface area contributed by atoms with Gasteiger partial charge < -0.3 is 15.2 Å². The van der Waals surface area contributed by atoms with Crippen LogP contribution < -0.4 is 5.32 Å². The molecule has 6 nitrogen and oxygen atoms in total. The molecule has 134 valence electrons. The van der Waals surface area contributed by atoms with Gasteiger partial charge in [0.05, 0.1) is 24.2 Å². The largest absolute Gasteiger partial charge is 0.466 e. The Morgan fingerprint density at radius 2 is 2.38 bits per heavy atom. The Kier molecular flexibility index (Phi) is 6.46. The van der Waals surface area contributed by atoms with Gasteiger partial charge in [-0.3, -0.25) is 4.79 Å². The Hall–Kier alpha value is -1.34. The highest BCUT2D eigenvalue weighted by Gasteiger charge is 2.37. The van der Waals surface area contributed by atoms with Gasteiger partial charge in [-0.15, -0.1) is 0 Å². The Morgan fingerprint density at radius 1 is 1.62 bits per heavy atom. The topological polar surface area (TPSA) is 84.3 Å². The smallest absolute Gasteiger partial charge is 0.308 e. The molecule has 2 rings (SSSR count). The van der Waals surface area contributed by atoms with Crippen LogP contribution in [0.5, 0.6) is 0 Å². The molecule has 0 amide bonds. The minimum atomic E-state index is -0.742. The van der Waals surface area contributed by atoms with Crippen molar-refractivity contribution in [3.8, 4) is 0 Å². The van der Waals surface area contributed by atoms with Crippen molar-refractivity contribution in [3.63, 3.8) is 0 Å². The second-order valence-electron chi connectivity index (χ2n) is 6.53. The van der Waals surface area contributed by atoms with Crippen molar-refractivity contribution in [1.82, 2.24) is 9.97 Å². The van der Waals surface area contributed by atoms with Crippen molar-refractivity contribution in [2.45, 2.75) is 63.3 Å². The van der Waals surface area contributed by atoms with E-state index in [0.29, 0.717) is 24.0 Å². The summed E-state index contributed by atoms with van der Waals surface area (Å²) in [6.45, 7) is 5.88. The van der Waals surface area contributed by atoms with E-state index < -0.39 is 5.60 Å². The summed E-state index contributed by atoms with van der Waals surface area (Å²) in [5, 5.41) is 14.5. The Morgan fingerprint density at radius 3 is 2.96 bits per heavy atom. The van der Waals surface area contributed by atoms with Crippen LogP contribution in [-0.4, -0.2) is 45.5 Å². The molecule has 0 radical (unpaired) electrons. The molecule has 2 N–H and O–H groups in total. The van der Waals surface area contributed by atoms with Crippen molar-refractivity contribution in [3.05, 3.63) is 11.8 Å². The number of aliphatic hydroxyl groups is 1. The lowest BCUT2D eigenvalue weighted by Crippen LogP contribution is -2.40. The Balaban J connectivity index is 2.19. The molecule has 1 aromatic rings. The molecule has 1 fully saturated rings. The van der Waals surface area contributed by atoms with E-state index in [4.69, 9.17) is 4.74 Å². The van der Waals surface area contributed by atoms with E-state index in [9.17, 15) is 9.90 Å². The quantitative estimate of drug-likeness (QED) is 0.443. The van der Waals surface area contributed by atoms with E-state index in [2.05, 4.69) is 15.3 Å². The van der Waals surface area contributed by atoms with Gasteiger partial charge in [-0.25, -0.2) is 9.97 Å². The van der Waals surface area contributed by atoms with E-state index in [1.165, 1.54) is 11.8 Å². The number of thioether (sulfide) groups is 1. The first kappa shape index (κ1) is 19.0. The lowest BCUT2D eigenvalue weighted by molar-refractivity contribution is -0.147. The number of carbonyl (C=O) groups is 1. The minimum Gasteiger partial charge on any atom is -0.466 e. The molecule has 1 aliphatic carbocycles. The number of nitrogens with zero attached hydrogens (tertiary/aromatic N) is 2. The molecule has 0 bridgehead atoms. The van der Waals surface area contributed by atoms with Crippen LogP contribution >= 0.6 is 11.8 Å². The number of hydrogen-bond acceptors (Lipinski definition) is 7. The highest BCUT2D eigenvalue weighted by atomic mass is 32.2. The molecule has 1 aliphatic rings. The maximum absolute atomic E-state index is 11.9. The SMILES string of the molecule is CCOC(=O)C(C)Cc1cnc(SC)nc1NC1CCCC1(C)O. The number of carbonyl (C=O) groups excluding carboxylic acids is 1. The van der Waals surface area contributed by atoms with Crippen LogP contribution in [0.1, 0.15) is 45.6 Å². The normalized spacial score (nSPS) is 24.6. The summed E-state index contributed by atoms with van der Waals surface area (Å²) in [4.78, 5) is 20.8. The maximum atomic E-state index is 11.9. The monoisotopic (exact) mass is 353 g/mol. The number of aromatic nitrogens is 2. The van der Waals surface area contributed by atoms with Gasteiger partial charge in [0, 0.05) is 11.8 Å². The summed E-state index contributed by atoms with van der Waals surface area (Å²) < 4.78 is 5.08. The van der Waals surface area contributed by atoms with Gasteiger partial charge in [-0.05, 0) is 45.8 Å². The van der Waals surface area contributed by atoms with Crippen LogP contribution in [0.3, 0.4) is 0 Å². The lowest BCUT2D eigenvalue weighted by Gasteiger charge is -2.28. The molecule has 1 aromatic heterocycles. The maximum Gasteiger partial charge on any atom is 0.308 e. The highest BCUT2D eigenvalue weighted by molar-refractivity contribution is 7.98. The van der Waals surface area contributed by atoms with E-state index in [1.807, 2.05) is 20.1 Å². The number of hydrogen-bond donors (Lipinski definition) is 2. The predicted octanol–water partition coefficient (Wildman–Crippen LogP) is 2.66. The second-order valence-corrected chi connectivity index (χ2v) is 7.31. The van der Waals surface area contributed by atoms with Gasteiger partial charge in [0.1, 0.15) is 5.82 Å². The third-order valence-corrected chi connectivity index (χ3v) is 5.04. The summed E-state index contributed by atoms with van der Waals surface area (Å²) in [5.41, 5.74) is 0.130. The standard InChI is InChI=1S/C17H27N3O3S/c1-5-23-15(21)11(2)9-12-10-18-16(24-4)20-14(12)19-13-7-6-8-17(13,3)22/h10-11,13,22H,5-9H2,1-4H3,(H,18,19,20). The summed E-state index contributed by atoms with van der Waals surface area (Å²) in [6, 6.07) is -0.0428. The number of esters is 1. The number of ether oxygens (including phenoxy) is 1. The number of rotatable bonds is 7. The highest BCUT2D eigenvalue weighted by Crippen LogP contribution is 2.33. The lowest BCUT2D eigenvalue weighted by atomic mass is 9.99. The van der Waals surface area contributed by atoms with Gasteiger partial charge in [0.15, 0.2) is 5.16 Å². The number of anilines is 1. The Labute approximate surface area is 147 Å². The zero-order chi connectivity index (χ0) is 17.7. The van der Waals surface area contributed by atoms with Crippen molar-refractivity contribution >= 4 is 23.5 Å². The molecule has 3 unspecified atom stereocenters. The molecule has 3 atom stereocenters. The fourth-order valence-electron chi connectivity index (χ4n) is 3.00. The first-order chi connectivity index (χ1) is 11.4. The molecule has 7 heteroatoms. The van der Waals surface area contributed by atoms with Gasteiger partial charge in [0.25, 0.3) is 0 Å². The van der Waals surface area contributed by atoms with Gasteiger partial charge >= 0.3 is 5.97 Å². The first-order valence-corrected chi connectivity index (χ1v) is 9.65. The molecule has 0 aliphatic heterocycles. The van der Waals surface area contributed by atoms with Gasteiger partial charge in [-0.2, -0.15) is 0 Å². The fourth-order valence-corrected chi connectivity index (χ4v) is 3.34. The van der Waals surface area contributed by atoms with Gasteiger partial charge in [-0.1, -0.05) is 18.7 Å². The van der Waals surface area contributed by atoms with Crippen LogP contribution in [0.15, 0.2) is 11.4 Å². The first-order valence-electron chi connectivity index (χ1n) is 8.42. The van der Waals surface area contributed by atoms with Gasteiger partial charge in [0.2, 0.25) is 0 Å². The Bertz CT molecular complexity index is 580. The van der Waals surface area contributed by atoms with Crippen molar-refractivity contribution in [2.75, 3.05) is 18.2 Å². The summed E-state index contributed by atoms with van der Waals surface area (Å²) in [5.74, 6) is 0.223. The van der Waals surface area contributed by atoms with Crippen LogP contribution in [-0.2, 0) is 16.0 Å². The van der Waals surface area contributed by atoms with E-state index >= 15 is 0 Å². The zero-order valence-electron chi connectivity index (χ0n) is 14.8. The predicted molar refractivity (Wildman–Crippen MR) is 95.2 cm³/mol. The summed E-state index contributed by atoms with van der Waals surface area (Å²) in [7, 11) is 0. The minimum absolute atomic E-state index is 0.0428. The van der Waals surface area contributed by atoms with Crippen molar-refractivity contribution < 1.29 is 14.6 Å². The zero-order valence-corrected chi connectivity index (χ0v) is 15.7. The molecule has 1 heterocycles. The van der Waals surface area contributed by atoms with E-state index in [1.54, 1.807) is 13.1 Å². The van der Waals surface area contributed by atoms with Crippen LogP contribution in [0.4, 0.5) is 5.82 Å². The number of nitrogens with one attached hydrogen (secondary N) is 1. The summed E-state index contributed by atoms with van der Waals surface area (Å²) >= 11 is 1.47. The van der Waals surface area contributed by atoms with E-state index in [-0.39, 0.29) is 17.9 Å². The second kappa shape index (κ2) is 8.16. The van der Waals surface area contributed by atoms with Crippen LogP contribution in [0.2, 0.25) is 0 Å². The average molecular weight is 353 g/mol. The fraction of sp³-hybridized carbons (Fsp3) is 0.706. The molecular formula is C17H27N3O3S. The van der Waals surface area contributed by atoms with Crippen molar-refractivity contribution in [1.29, 1.82) is 0 Å². The molecular weight excluding hydrogens is 326 g/mol. The molecule has 0 spiro atoms. The van der Waals surface area contributed by atoms with Crippen LogP contribution in [0, 0.1) is 5.92 Å². The molecule has 1 saturated carbocycles. The third-order valence-electron chi connectivity index (χ3n) is 4.48. The third kappa shape index (κ3) is 4.60. The summed E-state index contributed by atoms with van der Waals surface area (Å²) in [6.07, 6.45) is 6.86. The molecule has 0 saturated heterocycles. The van der Waals surface area contributed by atoms with Crippen LogP contribution in [0.25, 0.3) is 0 Å². The van der Waals surface area contributed by atoms with Crippen molar-refractivity contribution in [2.24, 2.45) is 5.92 Å². The molecule has 24 heavy (non-hydrogen) atoms. The average Bonchev–Trinajstić information content (AvgIpc) is 2.87. The molecule has 0 aromatic carbocycles.